The van der Waals surface area contributed by atoms with E-state index < -0.39 is 114 Å². The Bertz CT molecular complexity index is 2670. The lowest BCUT2D eigenvalue weighted by Gasteiger charge is -2.47. The fraction of sp³-hybridized carbons (Fsp3) is 0.725. The number of aryl methyl sites for hydroxylation is 1. The van der Waals surface area contributed by atoms with E-state index in [1.807, 2.05) is 89.3 Å². The van der Waals surface area contributed by atoms with Gasteiger partial charge in [0.05, 0.1) is 25.9 Å². The molecule has 7 rings (SSSR count). The van der Waals surface area contributed by atoms with Gasteiger partial charge in [0.15, 0.2) is 43.7 Å². The van der Waals surface area contributed by atoms with Crippen LogP contribution in [0.25, 0.3) is 22.2 Å². The fourth-order valence-corrected chi connectivity index (χ4v) is 22.5. The first-order valence-corrected chi connectivity index (χ1v) is 34.0. The third kappa shape index (κ3) is 10.3. The van der Waals surface area contributed by atoms with Crippen molar-refractivity contribution in [2.75, 3.05) is 18.9 Å². The number of phosphoric acid groups is 1. The molecule has 0 spiro atoms. The van der Waals surface area contributed by atoms with Gasteiger partial charge in [-0.25, -0.2) is 33.5 Å². The summed E-state index contributed by atoms with van der Waals surface area (Å²) in [6, 6.07) is 0. The number of halogens is 1. The number of ether oxygens (including phenoxy) is 2. The molecule has 386 valence electrons. The van der Waals surface area contributed by atoms with Gasteiger partial charge in [0.25, 0.3) is 5.56 Å². The van der Waals surface area contributed by atoms with Crippen LogP contribution < -0.4 is 11.3 Å². The molecule has 7 heterocycles. The van der Waals surface area contributed by atoms with E-state index in [0.717, 1.165) is 15.3 Å². The molecule has 0 aliphatic carbocycles. The number of anilines is 1. The first kappa shape index (κ1) is 54.5. The highest BCUT2D eigenvalue weighted by molar-refractivity contribution is 8.44. The second-order valence-corrected chi connectivity index (χ2v) is 38.4. The Morgan fingerprint density at radius 1 is 0.841 bits per heavy atom. The summed E-state index contributed by atoms with van der Waals surface area (Å²) in [5.74, 6) is -0.858. The standard InChI is InChI=1S/C40H67FN8O14P2SSi3/c1-21(2)68(54,22(3)4)63-69(23(5)6,24(7)8)62-31-27-17-56-65(53,66)60-30-26(57-39(33(30)61-67(13,14)40(9,10)11)49-20-45-29-34(42)43-18-44-36(29)49)16-55-64(51,52)59-32(31)38(58-27)48-15-25(41)28-35(48)46-19-47(12)37(28)50/h15,18-24,26-27,30-33,38-39,54H,16-17H2,1-14H3,(H,51,52)(H,53,66)(H2,42,43,44)/t26-,27-,30-,31-,32-,33-,38-,39-,65?/m1/s1. The zero-order valence-corrected chi connectivity index (χ0v) is 47.1. The van der Waals surface area contributed by atoms with Gasteiger partial charge in [-0.1, -0.05) is 88.4 Å². The number of hydrogen-bond donors (Lipinski definition) is 4. The number of phosphoric ester groups is 1. The van der Waals surface area contributed by atoms with Crippen molar-refractivity contribution in [1.29, 1.82) is 0 Å². The van der Waals surface area contributed by atoms with E-state index in [9.17, 15) is 23.6 Å². The summed E-state index contributed by atoms with van der Waals surface area (Å²) in [7, 11) is -14.1. The molecule has 0 aromatic carbocycles. The molecule has 3 saturated heterocycles. The lowest BCUT2D eigenvalue weighted by Crippen LogP contribution is -2.62. The summed E-state index contributed by atoms with van der Waals surface area (Å²) < 4.78 is 108. The van der Waals surface area contributed by atoms with Gasteiger partial charge in [-0.15, -0.1) is 0 Å². The van der Waals surface area contributed by atoms with Crippen molar-refractivity contribution in [3.8, 4) is 0 Å². The van der Waals surface area contributed by atoms with Gasteiger partial charge in [0.2, 0.25) is 0 Å². The minimum atomic E-state index is -5.32. The second kappa shape index (κ2) is 19.5. The predicted octanol–water partition coefficient (Wildman–Crippen LogP) is 7.36. The van der Waals surface area contributed by atoms with E-state index >= 15 is 4.39 Å². The van der Waals surface area contributed by atoms with Gasteiger partial charge in [-0.2, -0.15) is 0 Å². The first-order valence-electron chi connectivity index (χ1n) is 22.9. The van der Waals surface area contributed by atoms with Crippen molar-refractivity contribution in [2.45, 2.75) is 166 Å². The summed E-state index contributed by atoms with van der Waals surface area (Å²) in [5, 5.41) is -0.760. The molecule has 3 fully saturated rings. The van der Waals surface area contributed by atoms with Crippen molar-refractivity contribution < 1.29 is 63.7 Å². The zero-order chi connectivity index (χ0) is 51.1. The van der Waals surface area contributed by atoms with E-state index in [1.165, 1.54) is 26.0 Å². The zero-order valence-electron chi connectivity index (χ0n) is 41.4. The lowest BCUT2D eigenvalue weighted by molar-refractivity contribution is -0.0634. The highest BCUT2D eigenvalue weighted by atomic mass is 32.7. The molecule has 2 unspecified atom stereocenters. The van der Waals surface area contributed by atoms with E-state index in [0.29, 0.717) is 0 Å². The van der Waals surface area contributed by atoms with Crippen LogP contribution in [0.5, 0.6) is 0 Å². The Morgan fingerprint density at radius 2 is 1.46 bits per heavy atom. The average Bonchev–Trinajstić information content (AvgIpc) is 3.99. The third-order valence-corrected chi connectivity index (χ3v) is 30.6. The van der Waals surface area contributed by atoms with E-state index in [4.69, 9.17) is 46.3 Å². The van der Waals surface area contributed by atoms with Crippen LogP contribution in [-0.4, -0.2) is 119 Å². The number of thiol groups is 1. The van der Waals surface area contributed by atoms with Crippen molar-refractivity contribution in [1.82, 2.24) is 33.6 Å². The molecule has 3 aliphatic heterocycles. The highest BCUT2D eigenvalue weighted by Gasteiger charge is 2.61. The number of rotatable bonds is 12. The summed E-state index contributed by atoms with van der Waals surface area (Å²) in [6.07, 6.45) is -6.16. The van der Waals surface area contributed by atoms with Crippen LogP contribution in [0.15, 0.2) is 30.0 Å². The quantitative estimate of drug-likeness (QED) is 0.0613. The Hall–Kier alpha value is -2.28. The summed E-state index contributed by atoms with van der Waals surface area (Å²) >= 11 is 4.49. The minimum Gasteiger partial charge on any atom is -0.414 e. The fourth-order valence-electron chi connectivity index (χ4n) is 8.86. The number of imidazole rings is 1. The molecular weight excluding hydrogens is 1010 g/mol. The molecule has 29 heteroatoms. The van der Waals surface area contributed by atoms with Crippen molar-refractivity contribution in [3.05, 3.63) is 41.3 Å². The molecule has 4 N–H and O–H groups in total. The summed E-state index contributed by atoms with van der Waals surface area (Å²) in [5.41, 5.74) is 4.47. The van der Waals surface area contributed by atoms with Gasteiger partial charge >= 0.3 is 31.7 Å². The molecular formula is C40H67FN8O14P2SSi3. The minimum absolute atomic E-state index is 0.101. The Kier molecular flexibility index (Phi) is 15.4. The van der Waals surface area contributed by atoms with Crippen molar-refractivity contribution in [3.63, 3.8) is 0 Å². The second-order valence-electron chi connectivity index (χ2n) is 20.7. The molecule has 0 amide bonds. The Balaban J connectivity index is 1.36. The molecule has 4 aromatic rings. The maximum Gasteiger partial charge on any atom is 0.472 e. The highest BCUT2D eigenvalue weighted by Crippen LogP contribution is 2.60. The summed E-state index contributed by atoms with van der Waals surface area (Å²) in [4.78, 5) is 54.7. The lowest BCUT2D eigenvalue weighted by atomic mass is 10.1. The third-order valence-electron chi connectivity index (χ3n) is 13.8. The van der Waals surface area contributed by atoms with Crippen molar-refractivity contribution >= 4 is 80.3 Å². The first-order chi connectivity index (χ1) is 31.8. The molecule has 2 bridgehead atoms. The number of nitrogens with zero attached hydrogens (tertiary/aromatic N) is 7. The van der Waals surface area contributed by atoms with Gasteiger partial charge in [-0.05, 0) is 40.3 Å². The molecule has 10 atom stereocenters. The van der Waals surface area contributed by atoms with Crippen molar-refractivity contribution in [2.24, 2.45) is 7.05 Å². The van der Waals surface area contributed by atoms with Gasteiger partial charge in [0, 0.05) is 13.2 Å². The monoisotopic (exact) mass is 1080 g/mol. The molecule has 0 saturated carbocycles. The number of nitrogens with two attached hydrogens (primary N) is 1. The van der Waals surface area contributed by atoms with Crippen LogP contribution in [0.4, 0.5) is 10.2 Å². The molecule has 3 aliphatic rings. The van der Waals surface area contributed by atoms with E-state index in [1.54, 1.807) is 4.57 Å². The smallest absolute Gasteiger partial charge is 0.414 e. The van der Waals surface area contributed by atoms with Crippen LogP contribution >= 0.6 is 26.9 Å². The van der Waals surface area contributed by atoms with Crippen LogP contribution in [0.2, 0.25) is 40.3 Å². The van der Waals surface area contributed by atoms with Crippen LogP contribution in [0.3, 0.4) is 0 Å². The van der Waals surface area contributed by atoms with Crippen LogP contribution in [-0.2, 0) is 56.7 Å². The summed E-state index contributed by atoms with van der Waals surface area (Å²) in [6.45, 7) is 19.3. The topological polar surface area (TPSA) is 267 Å². The van der Waals surface area contributed by atoms with Gasteiger partial charge < -0.3 is 47.0 Å². The van der Waals surface area contributed by atoms with Crippen LogP contribution in [0.1, 0.15) is 88.6 Å². The largest absolute Gasteiger partial charge is 0.472 e. The van der Waals surface area contributed by atoms with Gasteiger partial charge in [0.1, 0.15) is 53.9 Å². The number of nitrogen functional groups attached to an aromatic ring is 1. The van der Waals surface area contributed by atoms with E-state index in [2.05, 4.69) is 32.2 Å². The Morgan fingerprint density at radius 3 is 2.07 bits per heavy atom. The maximum absolute atomic E-state index is 15.9. The number of aromatic nitrogens is 7. The molecule has 69 heavy (non-hydrogen) atoms. The van der Waals surface area contributed by atoms with Gasteiger partial charge in [-0.3, -0.25) is 27.5 Å². The number of fused-ring (bicyclic) bond motifs is 5. The SMILES string of the molecule is CC(C)[Si](O)(O[Si](O[C@H]1[C@H]2OP(=O)(O)OC[C@H]3O[C@@H](n4cnc5c(N)ncnc54)[C@H](O[Si](C)(C)C(C)(C)C)[C@@H]3OP(=O)(S)OC[C@H]1O[C@H]2n1cc(F)c2c(=O)n(C)cnc21)(C(C)C)C(C)C)C(C)C. The molecule has 0 radical (unpaired) electrons. The van der Waals surface area contributed by atoms with E-state index in [-0.39, 0.29) is 55.2 Å². The molecule has 22 nitrogen and oxygen atoms in total. The van der Waals surface area contributed by atoms with Crippen LogP contribution in [0, 0.1) is 5.82 Å². The predicted molar refractivity (Wildman–Crippen MR) is 263 cm³/mol. The average molecular weight is 1080 g/mol. The Labute approximate surface area is 409 Å². The maximum atomic E-state index is 15.9. The normalized spacial score (nSPS) is 30.2. The number of hydrogen-bond acceptors (Lipinski definition) is 18. The molecule has 4 aromatic heterocycles.